The number of aromatic nitrogens is 4. The summed E-state index contributed by atoms with van der Waals surface area (Å²) in [6, 6.07) is 18.8. The lowest BCUT2D eigenvalue weighted by atomic mass is 9.99. The van der Waals surface area contributed by atoms with Gasteiger partial charge in [-0.1, -0.05) is 42.5 Å². The second kappa shape index (κ2) is 12.0. The van der Waals surface area contributed by atoms with E-state index in [0.29, 0.717) is 13.1 Å². The van der Waals surface area contributed by atoms with E-state index in [1.54, 1.807) is 9.80 Å². The topological polar surface area (TPSA) is 116 Å². The summed E-state index contributed by atoms with van der Waals surface area (Å²) in [6.07, 6.45) is 4.78. The SMILES string of the molecule is CC(C)(C)OC(=O)N1CCC[C@H]1c1ncc(-c2ccc(-c3ccc4c(ccc5nc([C@@H]6CCCN6C(=O)OC(C)(C)C)[nH]c54)c3)cc2)[nH]1. The summed E-state index contributed by atoms with van der Waals surface area (Å²) in [5, 5.41) is 2.20. The molecule has 2 atom stereocenters. The van der Waals surface area contributed by atoms with Gasteiger partial charge in [0.15, 0.2) is 0 Å². The molecule has 3 aromatic carbocycles. The van der Waals surface area contributed by atoms with Crippen molar-refractivity contribution in [1.82, 2.24) is 29.7 Å². The van der Waals surface area contributed by atoms with Crippen LogP contribution in [0.3, 0.4) is 0 Å². The average molecular weight is 649 g/mol. The van der Waals surface area contributed by atoms with Crippen molar-refractivity contribution in [2.45, 2.75) is 90.5 Å². The summed E-state index contributed by atoms with van der Waals surface area (Å²) in [7, 11) is 0. The molecule has 10 heteroatoms. The van der Waals surface area contributed by atoms with E-state index in [2.05, 4.69) is 63.5 Å². The van der Waals surface area contributed by atoms with E-state index in [9.17, 15) is 9.59 Å². The van der Waals surface area contributed by atoms with Crippen LogP contribution in [-0.4, -0.2) is 66.2 Å². The fraction of sp³-hybridized carbons (Fsp3) is 0.421. The number of hydrogen-bond donors (Lipinski definition) is 2. The van der Waals surface area contributed by atoms with Gasteiger partial charge in [0, 0.05) is 18.5 Å². The van der Waals surface area contributed by atoms with Gasteiger partial charge in [0.2, 0.25) is 0 Å². The van der Waals surface area contributed by atoms with Crippen LogP contribution in [0.15, 0.2) is 60.8 Å². The predicted octanol–water partition coefficient (Wildman–Crippen LogP) is 8.92. The molecule has 2 fully saturated rings. The number of imidazole rings is 2. The number of H-pyrrole nitrogens is 2. The van der Waals surface area contributed by atoms with E-state index in [1.807, 2.05) is 53.8 Å². The molecule has 0 spiro atoms. The van der Waals surface area contributed by atoms with Crippen LogP contribution in [0.1, 0.15) is 91.0 Å². The Labute approximate surface area is 280 Å². The number of nitrogens with zero attached hydrogens (tertiary/aromatic N) is 4. The largest absolute Gasteiger partial charge is 0.444 e. The number of carbonyl (C=O) groups excluding carboxylic acids is 2. The highest BCUT2D eigenvalue weighted by Crippen LogP contribution is 2.36. The van der Waals surface area contributed by atoms with Crippen LogP contribution in [0.4, 0.5) is 9.59 Å². The molecule has 10 nitrogen and oxygen atoms in total. The summed E-state index contributed by atoms with van der Waals surface area (Å²) in [6.45, 7) is 12.6. The quantitative estimate of drug-likeness (QED) is 0.201. The van der Waals surface area contributed by atoms with Crippen LogP contribution >= 0.6 is 0 Å². The minimum Gasteiger partial charge on any atom is -0.444 e. The predicted molar refractivity (Wildman–Crippen MR) is 186 cm³/mol. The zero-order valence-corrected chi connectivity index (χ0v) is 28.6. The first-order valence-corrected chi connectivity index (χ1v) is 16.9. The van der Waals surface area contributed by atoms with Gasteiger partial charge in [-0.3, -0.25) is 9.80 Å². The van der Waals surface area contributed by atoms with E-state index in [4.69, 9.17) is 14.5 Å². The van der Waals surface area contributed by atoms with Crippen molar-refractivity contribution < 1.29 is 19.1 Å². The summed E-state index contributed by atoms with van der Waals surface area (Å²) in [4.78, 5) is 45.9. The highest BCUT2D eigenvalue weighted by atomic mass is 16.6. The number of aromatic amines is 2. The molecule has 2 saturated heterocycles. The van der Waals surface area contributed by atoms with Crippen molar-refractivity contribution in [2.24, 2.45) is 0 Å². The molecule has 48 heavy (non-hydrogen) atoms. The van der Waals surface area contributed by atoms with E-state index >= 15 is 0 Å². The normalized spacial score (nSPS) is 18.6. The summed E-state index contributed by atoms with van der Waals surface area (Å²) in [5.41, 5.74) is 4.94. The number of benzene rings is 3. The molecule has 0 aliphatic carbocycles. The summed E-state index contributed by atoms with van der Waals surface area (Å²) >= 11 is 0. The Morgan fingerprint density at radius 2 is 1.31 bits per heavy atom. The van der Waals surface area contributed by atoms with Crippen molar-refractivity contribution in [1.29, 1.82) is 0 Å². The van der Waals surface area contributed by atoms with Gasteiger partial charge in [0.1, 0.15) is 22.9 Å². The van der Waals surface area contributed by atoms with Gasteiger partial charge in [-0.2, -0.15) is 0 Å². The Morgan fingerprint density at radius 1 is 0.729 bits per heavy atom. The summed E-state index contributed by atoms with van der Waals surface area (Å²) in [5.74, 6) is 1.58. The molecule has 7 rings (SSSR count). The number of amides is 2. The van der Waals surface area contributed by atoms with Crippen LogP contribution in [-0.2, 0) is 9.47 Å². The van der Waals surface area contributed by atoms with Gasteiger partial charge in [-0.05, 0) is 101 Å². The number of carbonyl (C=O) groups is 2. The smallest absolute Gasteiger partial charge is 0.410 e. The van der Waals surface area contributed by atoms with Crippen LogP contribution < -0.4 is 0 Å². The molecule has 5 aromatic rings. The molecule has 4 heterocycles. The van der Waals surface area contributed by atoms with Crippen LogP contribution in [0, 0.1) is 0 Å². The van der Waals surface area contributed by atoms with Crippen molar-refractivity contribution in [2.75, 3.05) is 13.1 Å². The molecular formula is C38H44N6O4. The van der Waals surface area contributed by atoms with Crippen molar-refractivity contribution in [3.8, 4) is 22.4 Å². The van der Waals surface area contributed by atoms with Crippen LogP contribution in [0.2, 0.25) is 0 Å². The third-order valence-electron chi connectivity index (χ3n) is 9.01. The Bertz CT molecular complexity index is 1980. The van der Waals surface area contributed by atoms with Crippen molar-refractivity contribution >= 4 is 34.0 Å². The van der Waals surface area contributed by atoms with Crippen LogP contribution in [0.25, 0.3) is 44.2 Å². The molecule has 2 N–H and O–H groups in total. The summed E-state index contributed by atoms with van der Waals surface area (Å²) < 4.78 is 11.3. The molecule has 0 unspecified atom stereocenters. The maximum atomic E-state index is 12.9. The second-order valence-electron chi connectivity index (χ2n) is 14.9. The third-order valence-corrected chi connectivity index (χ3v) is 9.01. The van der Waals surface area contributed by atoms with Gasteiger partial charge in [0.05, 0.1) is 35.0 Å². The number of fused-ring (bicyclic) bond motifs is 3. The Morgan fingerprint density at radius 3 is 1.94 bits per heavy atom. The zero-order valence-electron chi connectivity index (χ0n) is 28.6. The van der Waals surface area contributed by atoms with E-state index in [0.717, 1.165) is 81.5 Å². The van der Waals surface area contributed by atoms with E-state index in [1.165, 1.54) is 0 Å². The molecule has 250 valence electrons. The second-order valence-corrected chi connectivity index (χ2v) is 14.9. The van der Waals surface area contributed by atoms with Gasteiger partial charge < -0.3 is 19.4 Å². The lowest BCUT2D eigenvalue weighted by Gasteiger charge is -2.27. The molecule has 0 bridgehead atoms. The lowest BCUT2D eigenvalue weighted by molar-refractivity contribution is 0.0208. The Hall–Kier alpha value is -4.86. The Kier molecular flexibility index (Phi) is 7.92. The fourth-order valence-corrected chi connectivity index (χ4v) is 6.84. The molecule has 0 radical (unpaired) electrons. The van der Waals surface area contributed by atoms with E-state index in [-0.39, 0.29) is 24.3 Å². The van der Waals surface area contributed by atoms with Gasteiger partial charge in [-0.25, -0.2) is 19.6 Å². The molecule has 0 saturated carbocycles. The number of ether oxygens (including phenoxy) is 2. The zero-order chi connectivity index (χ0) is 33.8. The molecule has 2 aliphatic heterocycles. The van der Waals surface area contributed by atoms with Gasteiger partial charge in [-0.15, -0.1) is 0 Å². The minimum atomic E-state index is -0.545. The highest BCUT2D eigenvalue weighted by molar-refractivity contribution is 6.05. The number of likely N-dealkylation sites (tertiary alicyclic amines) is 2. The van der Waals surface area contributed by atoms with Gasteiger partial charge >= 0.3 is 12.2 Å². The fourth-order valence-electron chi connectivity index (χ4n) is 6.84. The Balaban J connectivity index is 1.09. The average Bonchev–Trinajstić information content (AvgIpc) is 3.84. The standard InChI is InChI=1S/C38H44N6O4/c1-37(2,3)47-35(45)43-19-7-9-30(43)33-39-22-29(41-33)24-13-11-23(12-14-24)25-15-17-27-26(21-25)16-18-28-32(27)42-34(40-28)31-10-8-20-44(31)36(46)48-38(4,5)6/h11-18,21-22,30-31H,7-10,19-20H2,1-6H3,(H,39,41)(H,40,42)/t30-,31-/m0/s1. The van der Waals surface area contributed by atoms with Crippen molar-refractivity contribution in [3.63, 3.8) is 0 Å². The highest BCUT2D eigenvalue weighted by Gasteiger charge is 2.36. The van der Waals surface area contributed by atoms with Gasteiger partial charge in [0.25, 0.3) is 0 Å². The monoisotopic (exact) mass is 648 g/mol. The van der Waals surface area contributed by atoms with Crippen molar-refractivity contribution in [3.05, 3.63) is 72.4 Å². The first-order chi connectivity index (χ1) is 22.8. The molecule has 2 aromatic heterocycles. The van der Waals surface area contributed by atoms with Crippen LogP contribution in [0.5, 0.6) is 0 Å². The number of nitrogens with one attached hydrogen (secondary N) is 2. The maximum Gasteiger partial charge on any atom is 0.410 e. The lowest BCUT2D eigenvalue weighted by Crippen LogP contribution is -2.36. The van der Waals surface area contributed by atoms with E-state index < -0.39 is 11.2 Å². The molecule has 2 amide bonds. The third kappa shape index (κ3) is 6.35. The first kappa shape index (κ1) is 31.7. The number of hydrogen-bond acceptors (Lipinski definition) is 6. The first-order valence-electron chi connectivity index (χ1n) is 16.9. The maximum absolute atomic E-state index is 12.9. The molecule has 2 aliphatic rings. The number of rotatable bonds is 4. The minimum absolute atomic E-state index is 0.120. The molecular weight excluding hydrogens is 604 g/mol.